The Balaban J connectivity index is 1.73. The van der Waals surface area contributed by atoms with Gasteiger partial charge in [-0.15, -0.1) is 5.10 Å². The lowest BCUT2D eigenvalue weighted by Crippen LogP contribution is -2.41. The molecule has 1 amide bonds. The molecule has 1 aliphatic rings. The molecular formula is C20H23N9O2. The maximum absolute atomic E-state index is 12.9. The van der Waals surface area contributed by atoms with E-state index in [2.05, 4.69) is 36.3 Å². The first-order valence-corrected chi connectivity index (χ1v) is 10.0. The van der Waals surface area contributed by atoms with Gasteiger partial charge in [-0.2, -0.15) is 9.61 Å². The fraction of sp³-hybridized carbons (Fsp3) is 0.350. The van der Waals surface area contributed by atoms with Gasteiger partial charge in [0.05, 0.1) is 36.2 Å². The summed E-state index contributed by atoms with van der Waals surface area (Å²) in [5.41, 5.74) is 4.14. The summed E-state index contributed by atoms with van der Waals surface area (Å²) in [6.07, 6.45) is 1.32. The van der Waals surface area contributed by atoms with Crippen molar-refractivity contribution in [3.63, 3.8) is 0 Å². The Bertz CT molecular complexity index is 1310. The van der Waals surface area contributed by atoms with Gasteiger partial charge < -0.3 is 20.7 Å². The van der Waals surface area contributed by atoms with Gasteiger partial charge in [0.1, 0.15) is 22.7 Å². The number of hydrogen-bond donors (Lipinski definition) is 3. The summed E-state index contributed by atoms with van der Waals surface area (Å²) in [5.74, 6) is 0.987. The molecule has 4 aromatic rings. The lowest BCUT2D eigenvalue weighted by atomic mass is 10.1. The zero-order chi connectivity index (χ0) is 21.7. The van der Waals surface area contributed by atoms with E-state index in [-0.39, 0.29) is 18.1 Å². The molecule has 1 aliphatic heterocycles. The number of aromatic nitrogens is 6. The van der Waals surface area contributed by atoms with Crippen molar-refractivity contribution >= 4 is 39.9 Å². The molecule has 5 rings (SSSR count). The van der Waals surface area contributed by atoms with E-state index in [9.17, 15) is 4.79 Å². The van der Waals surface area contributed by atoms with Crippen LogP contribution < -0.4 is 16.0 Å². The monoisotopic (exact) mass is 421 g/mol. The molecule has 3 N–H and O–H groups in total. The first-order valence-electron chi connectivity index (χ1n) is 10.0. The number of carbonyl (C=O) groups excluding carboxylic acids is 1. The van der Waals surface area contributed by atoms with E-state index < -0.39 is 0 Å². The van der Waals surface area contributed by atoms with E-state index >= 15 is 0 Å². The Labute approximate surface area is 177 Å². The minimum Gasteiger partial charge on any atom is -0.373 e. The predicted octanol–water partition coefficient (Wildman–Crippen LogP) is 1.83. The molecule has 0 fully saturated rings. The van der Waals surface area contributed by atoms with Gasteiger partial charge in [-0.05, 0) is 31.5 Å². The SMILES string of the molecule is CNc1cc2nc3c(cnn13)C(=O)N[C@H](C)[C@H](C)OCc1cc(c3nnn(C)c3c1)N2. The van der Waals surface area contributed by atoms with Gasteiger partial charge in [-0.3, -0.25) is 4.79 Å². The molecule has 0 unspecified atom stereocenters. The molecule has 4 heterocycles. The zero-order valence-electron chi connectivity index (χ0n) is 17.7. The normalized spacial score (nSPS) is 19.3. The van der Waals surface area contributed by atoms with Gasteiger partial charge in [0.25, 0.3) is 5.91 Å². The molecule has 0 radical (unpaired) electrons. The van der Waals surface area contributed by atoms with Gasteiger partial charge >= 0.3 is 0 Å². The minimum atomic E-state index is -0.253. The number of rotatable bonds is 1. The predicted molar refractivity (Wildman–Crippen MR) is 116 cm³/mol. The molecule has 11 heteroatoms. The van der Waals surface area contributed by atoms with E-state index in [4.69, 9.17) is 4.74 Å². The van der Waals surface area contributed by atoms with Crippen molar-refractivity contribution in [1.82, 2.24) is 34.9 Å². The number of aryl methyl sites for hydroxylation is 1. The number of nitrogens with one attached hydrogen (secondary N) is 3. The highest BCUT2D eigenvalue weighted by molar-refractivity contribution is 6.00. The summed E-state index contributed by atoms with van der Waals surface area (Å²) in [5, 5.41) is 22.2. The first-order chi connectivity index (χ1) is 14.9. The molecule has 1 aromatic carbocycles. The number of amides is 1. The molecule has 160 valence electrons. The number of carbonyl (C=O) groups is 1. The summed E-state index contributed by atoms with van der Waals surface area (Å²) < 4.78 is 9.38. The third-order valence-electron chi connectivity index (χ3n) is 5.59. The third-order valence-corrected chi connectivity index (χ3v) is 5.59. The van der Waals surface area contributed by atoms with Crippen LogP contribution in [-0.2, 0) is 18.4 Å². The maximum atomic E-state index is 12.9. The molecule has 3 aromatic heterocycles. The molecule has 0 saturated heterocycles. The van der Waals surface area contributed by atoms with Gasteiger partial charge in [-0.1, -0.05) is 5.21 Å². The molecule has 2 atom stereocenters. The molecule has 0 aliphatic carbocycles. The van der Waals surface area contributed by atoms with Crippen LogP contribution in [0.2, 0.25) is 0 Å². The van der Waals surface area contributed by atoms with E-state index in [1.807, 2.05) is 39.1 Å². The van der Waals surface area contributed by atoms with Crippen molar-refractivity contribution < 1.29 is 9.53 Å². The molecular weight excluding hydrogens is 398 g/mol. The van der Waals surface area contributed by atoms with Crippen molar-refractivity contribution in [1.29, 1.82) is 0 Å². The van der Waals surface area contributed by atoms with Crippen LogP contribution in [-0.4, -0.2) is 54.7 Å². The fourth-order valence-corrected chi connectivity index (χ4v) is 3.64. The molecule has 31 heavy (non-hydrogen) atoms. The molecule has 4 bridgehead atoms. The Morgan fingerprint density at radius 2 is 2.10 bits per heavy atom. The highest BCUT2D eigenvalue weighted by atomic mass is 16.5. The van der Waals surface area contributed by atoms with Crippen LogP contribution in [0.3, 0.4) is 0 Å². The minimum absolute atomic E-state index is 0.207. The average molecular weight is 421 g/mol. The number of anilines is 3. The Morgan fingerprint density at radius 1 is 1.26 bits per heavy atom. The lowest BCUT2D eigenvalue weighted by molar-refractivity contribution is 0.0303. The Kier molecular flexibility index (Phi) is 4.47. The van der Waals surface area contributed by atoms with Crippen LogP contribution in [0.1, 0.15) is 29.8 Å². The van der Waals surface area contributed by atoms with Crippen LogP contribution in [0.5, 0.6) is 0 Å². The van der Waals surface area contributed by atoms with Gasteiger partial charge in [-0.25, -0.2) is 9.67 Å². The summed E-state index contributed by atoms with van der Waals surface area (Å²) >= 11 is 0. The summed E-state index contributed by atoms with van der Waals surface area (Å²) in [6, 6.07) is 5.61. The number of fused-ring (bicyclic) bond motifs is 5. The van der Waals surface area contributed by atoms with E-state index in [1.54, 1.807) is 16.2 Å². The number of ether oxygens (including phenoxy) is 1. The van der Waals surface area contributed by atoms with Crippen LogP contribution in [0.25, 0.3) is 16.7 Å². The van der Waals surface area contributed by atoms with Crippen LogP contribution in [0, 0.1) is 0 Å². The highest BCUT2D eigenvalue weighted by Crippen LogP contribution is 2.28. The average Bonchev–Trinajstić information content (AvgIpc) is 3.35. The third kappa shape index (κ3) is 3.22. The van der Waals surface area contributed by atoms with E-state index in [1.165, 1.54) is 6.20 Å². The first kappa shape index (κ1) is 19.2. The second-order valence-corrected chi connectivity index (χ2v) is 7.70. The summed E-state index contributed by atoms with van der Waals surface area (Å²) in [6.45, 7) is 4.23. The highest BCUT2D eigenvalue weighted by Gasteiger charge is 2.22. The van der Waals surface area contributed by atoms with Gasteiger partial charge in [0.2, 0.25) is 0 Å². The molecule has 0 spiro atoms. The van der Waals surface area contributed by atoms with Crippen molar-refractivity contribution in [3.8, 4) is 0 Å². The summed E-state index contributed by atoms with van der Waals surface area (Å²) in [7, 11) is 3.64. The molecule has 0 saturated carbocycles. The van der Waals surface area contributed by atoms with Crippen molar-refractivity contribution in [2.75, 3.05) is 17.7 Å². The number of nitrogens with zero attached hydrogens (tertiary/aromatic N) is 6. The van der Waals surface area contributed by atoms with Crippen molar-refractivity contribution in [2.45, 2.75) is 32.6 Å². The van der Waals surface area contributed by atoms with Crippen LogP contribution in [0.4, 0.5) is 17.3 Å². The number of benzene rings is 1. The van der Waals surface area contributed by atoms with Gasteiger partial charge in [0.15, 0.2) is 5.65 Å². The number of hydrogen-bond acceptors (Lipinski definition) is 8. The quantitative estimate of drug-likeness (QED) is 0.425. The van der Waals surface area contributed by atoms with Crippen LogP contribution >= 0.6 is 0 Å². The largest absolute Gasteiger partial charge is 0.373 e. The fourth-order valence-electron chi connectivity index (χ4n) is 3.64. The Hall–Kier alpha value is -3.73. The zero-order valence-corrected chi connectivity index (χ0v) is 17.7. The summed E-state index contributed by atoms with van der Waals surface area (Å²) in [4.78, 5) is 17.6. The second-order valence-electron chi connectivity index (χ2n) is 7.70. The topological polar surface area (TPSA) is 123 Å². The van der Waals surface area contributed by atoms with Gasteiger partial charge in [0, 0.05) is 20.2 Å². The standard InChI is InChI=1S/C20H23N9O2/c1-10-11(2)31-9-12-5-14(18-15(6-12)28(4)27-26-18)24-16-7-17(21-3)29-19(25-16)13(8-22-29)20(30)23-10/h5-8,10-11,21H,9H2,1-4H3,(H,23,30)(H,24,25)/t10-,11+/m1/s1. The molecule has 11 nitrogen and oxygen atoms in total. The maximum Gasteiger partial charge on any atom is 0.257 e. The van der Waals surface area contributed by atoms with Crippen molar-refractivity contribution in [2.24, 2.45) is 7.05 Å². The lowest BCUT2D eigenvalue weighted by Gasteiger charge is -2.22. The van der Waals surface area contributed by atoms with Crippen LogP contribution in [0.15, 0.2) is 24.4 Å². The van der Waals surface area contributed by atoms with E-state index in [0.29, 0.717) is 29.5 Å². The van der Waals surface area contributed by atoms with Crippen molar-refractivity contribution in [3.05, 3.63) is 35.5 Å². The Morgan fingerprint density at radius 3 is 2.90 bits per heavy atom. The second kappa shape index (κ2) is 7.20. The van der Waals surface area contributed by atoms with E-state index in [0.717, 1.165) is 22.3 Å². The smallest absolute Gasteiger partial charge is 0.257 e.